The molecule has 4 aromatic rings. The number of rotatable bonds is 8. The lowest BCUT2D eigenvalue weighted by atomic mass is 10.0. The van der Waals surface area contributed by atoms with Gasteiger partial charge in [-0.15, -0.1) is 0 Å². The highest BCUT2D eigenvalue weighted by atomic mass is 16.6. The van der Waals surface area contributed by atoms with Crippen LogP contribution < -0.4 is 15.4 Å². The van der Waals surface area contributed by atoms with E-state index in [2.05, 4.69) is 26.7 Å². The van der Waals surface area contributed by atoms with Gasteiger partial charge in [-0.2, -0.15) is 0 Å². The average Bonchev–Trinajstić information content (AvgIpc) is 2.97. The summed E-state index contributed by atoms with van der Waals surface area (Å²) in [5.74, 6) is 1.60. The Morgan fingerprint density at radius 3 is 2.61 bits per heavy atom. The third-order valence-corrected chi connectivity index (χ3v) is 7.23. The van der Waals surface area contributed by atoms with Gasteiger partial charge in [0.15, 0.2) is 0 Å². The molecule has 3 N–H and O–H groups in total. The van der Waals surface area contributed by atoms with Gasteiger partial charge in [-0.25, -0.2) is 19.7 Å². The van der Waals surface area contributed by atoms with Crippen LogP contribution in [-0.2, 0) is 4.74 Å². The first-order chi connectivity index (χ1) is 20.9. The zero-order chi connectivity index (χ0) is 31.5. The molecule has 1 fully saturated rings. The molecule has 0 radical (unpaired) electrons. The van der Waals surface area contributed by atoms with Crippen molar-refractivity contribution in [1.29, 1.82) is 0 Å². The second kappa shape index (κ2) is 12.7. The van der Waals surface area contributed by atoms with E-state index in [0.717, 1.165) is 40.4 Å². The number of amides is 1. The fourth-order valence-electron chi connectivity index (χ4n) is 5.15. The molecule has 2 aromatic heterocycles. The standard InChI is InChI=1S/C34H42N6O4/c1-22-14-15-24-25(11-7-13-27(24)37-21-34(5,6)42)29(22)43-30-26(12-8-17-35-30)28-16-18-36-31(39-28)38-23-10-9-19-40(20-23)32(41)44-33(2,3)4/h7-8,11-18,23,37,42H,9-10,19-21H2,1-6H3,(H,36,38,39). The smallest absolute Gasteiger partial charge is 0.410 e. The molecule has 2 aromatic carbocycles. The fourth-order valence-corrected chi connectivity index (χ4v) is 5.15. The Bertz CT molecular complexity index is 1630. The normalized spacial score (nSPS) is 15.6. The first-order valence-electron chi connectivity index (χ1n) is 15.1. The highest BCUT2D eigenvalue weighted by Crippen LogP contribution is 2.38. The predicted molar refractivity (Wildman–Crippen MR) is 173 cm³/mol. The summed E-state index contributed by atoms with van der Waals surface area (Å²) in [5, 5.41) is 18.9. The van der Waals surface area contributed by atoms with Gasteiger partial charge in [0.1, 0.15) is 11.4 Å². The van der Waals surface area contributed by atoms with Crippen molar-refractivity contribution in [2.24, 2.45) is 0 Å². The van der Waals surface area contributed by atoms with Crippen LogP contribution in [0.25, 0.3) is 22.0 Å². The van der Waals surface area contributed by atoms with E-state index in [1.54, 1.807) is 31.1 Å². The number of fused-ring (bicyclic) bond motifs is 1. The number of aromatic nitrogens is 3. The van der Waals surface area contributed by atoms with Crippen LogP contribution in [-0.4, -0.2) is 67.9 Å². The van der Waals surface area contributed by atoms with Gasteiger partial charge in [-0.1, -0.05) is 24.3 Å². The van der Waals surface area contributed by atoms with Crippen LogP contribution in [0.2, 0.25) is 0 Å². The Hall–Kier alpha value is -4.44. The highest BCUT2D eigenvalue weighted by molar-refractivity contribution is 5.98. The lowest BCUT2D eigenvalue weighted by Crippen LogP contribution is -2.47. The minimum atomic E-state index is -0.852. The zero-order valence-corrected chi connectivity index (χ0v) is 26.3. The number of likely N-dealkylation sites (tertiary alicyclic amines) is 1. The Kier molecular flexibility index (Phi) is 8.92. The van der Waals surface area contributed by atoms with Gasteiger partial charge in [0.05, 0.1) is 16.9 Å². The summed E-state index contributed by atoms with van der Waals surface area (Å²) in [6.45, 7) is 12.7. The molecule has 10 nitrogen and oxygen atoms in total. The maximum Gasteiger partial charge on any atom is 0.410 e. The van der Waals surface area contributed by atoms with Crippen molar-refractivity contribution >= 4 is 28.5 Å². The highest BCUT2D eigenvalue weighted by Gasteiger charge is 2.28. The van der Waals surface area contributed by atoms with Crippen molar-refractivity contribution in [3.63, 3.8) is 0 Å². The third-order valence-electron chi connectivity index (χ3n) is 7.23. The maximum absolute atomic E-state index is 12.6. The van der Waals surface area contributed by atoms with Crippen molar-refractivity contribution < 1.29 is 19.4 Å². The summed E-state index contributed by atoms with van der Waals surface area (Å²) in [5.41, 5.74) is 1.87. The average molecular weight is 599 g/mol. The summed E-state index contributed by atoms with van der Waals surface area (Å²) < 4.78 is 12.1. The van der Waals surface area contributed by atoms with E-state index in [-0.39, 0.29) is 12.1 Å². The van der Waals surface area contributed by atoms with Gasteiger partial charge >= 0.3 is 6.09 Å². The van der Waals surface area contributed by atoms with E-state index in [1.165, 1.54) is 0 Å². The SMILES string of the molecule is Cc1ccc2c(NCC(C)(C)O)cccc2c1Oc1ncccc1-c1ccnc(NC2CCCN(C(=O)OC(C)(C)C)C2)n1. The number of carbonyl (C=O) groups is 1. The van der Waals surface area contributed by atoms with Gasteiger partial charge in [0.2, 0.25) is 11.8 Å². The second-order valence-corrected chi connectivity index (χ2v) is 12.9. The molecule has 1 aliphatic rings. The van der Waals surface area contributed by atoms with E-state index >= 15 is 0 Å². The van der Waals surface area contributed by atoms with E-state index < -0.39 is 11.2 Å². The number of hydrogen-bond donors (Lipinski definition) is 3. The van der Waals surface area contributed by atoms with Crippen molar-refractivity contribution in [3.8, 4) is 22.9 Å². The first-order valence-corrected chi connectivity index (χ1v) is 15.1. The van der Waals surface area contributed by atoms with Gasteiger partial charge in [0.25, 0.3) is 0 Å². The molecule has 0 bridgehead atoms. The molecule has 1 aliphatic heterocycles. The van der Waals surface area contributed by atoms with Gasteiger partial charge in [-0.3, -0.25) is 0 Å². The van der Waals surface area contributed by atoms with E-state index in [1.807, 2.05) is 70.2 Å². The number of nitrogens with one attached hydrogen (secondary N) is 2. The molecule has 1 unspecified atom stereocenters. The Morgan fingerprint density at radius 1 is 1.02 bits per heavy atom. The van der Waals surface area contributed by atoms with Gasteiger partial charge in [0, 0.05) is 54.5 Å². The van der Waals surface area contributed by atoms with Crippen molar-refractivity contribution in [1.82, 2.24) is 19.9 Å². The molecule has 1 atom stereocenters. The molecule has 0 aliphatic carbocycles. The number of hydrogen-bond acceptors (Lipinski definition) is 9. The molecule has 1 amide bonds. The summed E-state index contributed by atoms with van der Waals surface area (Å²) in [6, 6.07) is 15.7. The Labute approximate surface area is 258 Å². The minimum absolute atomic E-state index is 0.00585. The summed E-state index contributed by atoms with van der Waals surface area (Å²) in [4.78, 5) is 28.2. The van der Waals surface area contributed by atoms with Crippen LogP contribution in [0, 0.1) is 6.92 Å². The van der Waals surface area contributed by atoms with Crippen molar-refractivity contribution in [3.05, 3.63) is 66.5 Å². The van der Waals surface area contributed by atoms with E-state index in [9.17, 15) is 9.90 Å². The van der Waals surface area contributed by atoms with Crippen molar-refractivity contribution in [2.75, 3.05) is 30.3 Å². The molecule has 44 heavy (non-hydrogen) atoms. The van der Waals surface area contributed by atoms with Gasteiger partial charge < -0.3 is 30.1 Å². The van der Waals surface area contributed by atoms with E-state index in [4.69, 9.17) is 14.5 Å². The fraction of sp³-hybridized carbons (Fsp3) is 0.412. The number of nitrogens with zero attached hydrogens (tertiary/aromatic N) is 4. The number of anilines is 2. The first kappa shape index (κ1) is 31.0. The number of carbonyl (C=O) groups excluding carboxylic acids is 1. The quantitative estimate of drug-likeness (QED) is 0.201. The molecule has 10 heteroatoms. The van der Waals surface area contributed by atoms with Crippen LogP contribution in [0.3, 0.4) is 0 Å². The molecule has 232 valence electrons. The molecular weight excluding hydrogens is 556 g/mol. The number of benzene rings is 2. The zero-order valence-electron chi connectivity index (χ0n) is 26.3. The summed E-state index contributed by atoms with van der Waals surface area (Å²) in [6.07, 6.45) is 4.85. The van der Waals surface area contributed by atoms with Crippen LogP contribution in [0.1, 0.15) is 53.0 Å². The van der Waals surface area contributed by atoms with Gasteiger partial charge in [-0.05, 0) is 84.2 Å². The van der Waals surface area contributed by atoms with Crippen LogP contribution >= 0.6 is 0 Å². The number of piperidine rings is 1. The Balaban J connectivity index is 1.38. The van der Waals surface area contributed by atoms with Crippen LogP contribution in [0.15, 0.2) is 60.9 Å². The number of pyridine rings is 1. The molecular formula is C34H42N6O4. The Morgan fingerprint density at radius 2 is 1.84 bits per heavy atom. The molecule has 1 saturated heterocycles. The summed E-state index contributed by atoms with van der Waals surface area (Å²) >= 11 is 0. The molecule has 0 saturated carbocycles. The number of aliphatic hydroxyl groups is 1. The maximum atomic E-state index is 12.6. The predicted octanol–water partition coefficient (Wildman–Crippen LogP) is 6.79. The largest absolute Gasteiger partial charge is 0.444 e. The van der Waals surface area contributed by atoms with Crippen LogP contribution in [0.4, 0.5) is 16.4 Å². The number of aryl methyl sites for hydroxylation is 1. The van der Waals surface area contributed by atoms with E-state index in [0.29, 0.717) is 42.9 Å². The summed E-state index contributed by atoms with van der Waals surface area (Å²) in [7, 11) is 0. The minimum Gasteiger partial charge on any atom is -0.444 e. The lowest BCUT2D eigenvalue weighted by molar-refractivity contribution is 0.0206. The lowest BCUT2D eigenvalue weighted by Gasteiger charge is -2.34. The molecule has 0 spiro atoms. The second-order valence-electron chi connectivity index (χ2n) is 12.9. The molecule has 5 rings (SSSR count). The molecule has 3 heterocycles. The monoisotopic (exact) mass is 598 g/mol. The van der Waals surface area contributed by atoms with Crippen molar-refractivity contribution in [2.45, 2.75) is 71.6 Å². The third kappa shape index (κ3) is 7.74. The van der Waals surface area contributed by atoms with Crippen LogP contribution in [0.5, 0.6) is 11.6 Å². The topological polar surface area (TPSA) is 122 Å². The number of ether oxygens (including phenoxy) is 2.